The Kier molecular flexibility index (Phi) is 4.76. The lowest BCUT2D eigenvalue weighted by molar-refractivity contribution is 0.0696. The van der Waals surface area contributed by atoms with Gasteiger partial charge in [0.2, 0.25) is 0 Å². The number of carboxylic acid groups (broad SMARTS) is 1. The second-order valence-corrected chi connectivity index (χ2v) is 5.71. The van der Waals surface area contributed by atoms with E-state index in [1.165, 1.54) is 12.8 Å². The summed E-state index contributed by atoms with van der Waals surface area (Å²) >= 11 is 8.75. The first-order valence-corrected chi connectivity index (χ1v) is 7.32. The Labute approximate surface area is 125 Å². The summed E-state index contributed by atoms with van der Waals surface area (Å²) in [6, 6.07) is 4.99. The van der Waals surface area contributed by atoms with E-state index in [0.717, 1.165) is 28.2 Å². The lowest BCUT2D eigenvalue weighted by Crippen LogP contribution is -2.37. The third kappa shape index (κ3) is 3.67. The van der Waals surface area contributed by atoms with Gasteiger partial charge in [-0.1, -0.05) is 15.9 Å². The highest BCUT2D eigenvalue weighted by Gasteiger charge is 2.14. The highest BCUT2D eigenvalue weighted by molar-refractivity contribution is 9.10. The van der Waals surface area contributed by atoms with Gasteiger partial charge < -0.3 is 15.3 Å². The van der Waals surface area contributed by atoms with Crippen molar-refractivity contribution in [1.29, 1.82) is 0 Å². The summed E-state index contributed by atoms with van der Waals surface area (Å²) < 4.78 is 0.884. The number of hydrogen-bond acceptors (Lipinski definition) is 2. The number of rotatable bonds is 3. The van der Waals surface area contributed by atoms with Gasteiger partial charge in [0.25, 0.3) is 0 Å². The van der Waals surface area contributed by atoms with Crippen LogP contribution in [0.15, 0.2) is 22.7 Å². The van der Waals surface area contributed by atoms with Gasteiger partial charge >= 0.3 is 5.97 Å². The van der Waals surface area contributed by atoms with Crippen LogP contribution in [0.4, 0.5) is 0 Å². The van der Waals surface area contributed by atoms with E-state index in [4.69, 9.17) is 17.3 Å². The molecule has 19 heavy (non-hydrogen) atoms. The average molecular weight is 343 g/mol. The lowest BCUT2D eigenvalue weighted by atomic mass is 10.1. The van der Waals surface area contributed by atoms with Crippen LogP contribution in [-0.2, 0) is 6.54 Å². The summed E-state index contributed by atoms with van der Waals surface area (Å²) in [6.45, 7) is 2.53. The quantitative estimate of drug-likeness (QED) is 0.827. The first kappa shape index (κ1) is 14.3. The fourth-order valence-electron chi connectivity index (χ4n) is 2.05. The average Bonchev–Trinajstić information content (AvgIpc) is 2.91. The number of nitrogens with zero attached hydrogens (tertiary/aromatic N) is 1. The maximum absolute atomic E-state index is 10.9. The Morgan fingerprint density at radius 1 is 1.42 bits per heavy atom. The number of carbonyl (C=O) groups is 1. The van der Waals surface area contributed by atoms with Crippen molar-refractivity contribution in [2.24, 2.45) is 0 Å². The molecule has 0 radical (unpaired) electrons. The summed E-state index contributed by atoms with van der Waals surface area (Å²) in [4.78, 5) is 13.1. The summed E-state index contributed by atoms with van der Waals surface area (Å²) in [6.07, 6.45) is 2.36. The third-order valence-corrected chi connectivity index (χ3v) is 4.29. The van der Waals surface area contributed by atoms with Crippen molar-refractivity contribution in [3.8, 4) is 0 Å². The fourth-order valence-corrected chi connectivity index (χ4v) is 2.69. The normalized spacial score (nSPS) is 14.5. The van der Waals surface area contributed by atoms with E-state index in [9.17, 15) is 4.79 Å². The number of hydrogen-bond donors (Lipinski definition) is 2. The molecule has 2 rings (SSSR count). The summed E-state index contributed by atoms with van der Waals surface area (Å²) in [7, 11) is 0. The summed E-state index contributed by atoms with van der Waals surface area (Å²) in [5.74, 6) is -0.920. The second-order valence-electron chi connectivity index (χ2n) is 4.46. The van der Waals surface area contributed by atoms with Gasteiger partial charge in [0.05, 0.1) is 5.56 Å². The minimum atomic E-state index is -0.920. The molecule has 1 saturated heterocycles. The van der Waals surface area contributed by atoms with Crippen molar-refractivity contribution in [2.45, 2.75) is 19.4 Å². The molecule has 6 heteroatoms. The van der Waals surface area contributed by atoms with Gasteiger partial charge in [-0.3, -0.25) is 0 Å². The third-order valence-electron chi connectivity index (χ3n) is 3.12. The van der Waals surface area contributed by atoms with E-state index in [2.05, 4.69) is 26.1 Å². The maximum Gasteiger partial charge on any atom is 0.335 e. The van der Waals surface area contributed by atoms with E-state index in [1.807, 2.05) is 0 Å². The van der Waals surface area contributed by atoms with Crippen molar-refractivity contribution in [3.63, 3.8) is 0 Å². The van der Waals surface area contributed by atoms with Gasteiger partial charge in [-0.15, -0.1) is 0 Å². The zero-order valence-corrected chi connectivity index (χ0v) is 12.8. The zero-order valence-electron chi connectivity index (χ0n) is 10.4. The molecule has 0 atom stereocenters. The molecule has 1 aromatic rings. The Morgan fingerprint density at radius 2 is 2.11 bits per heavy atom. The molecule has 1 heterocycles. The minimum absolute atomic E-state index is 0.284. The molecule has 0 unspecified atom stereocenters. The number of nitrogens with one attached hydrogen (secondary N) is 1. The van der Waals surface area contributed by atoms with Crippen molar-refractivity contribution in [3.05, 3.63) is 33.8 Å². The molecule has 0 aliphatic carbocycles. The number of likely N-dealkylation sites (tertiary alicyclic amines) is 1. The van der Waals surface area contributed by atoms with E-state index < -0.39 is 5.97 Å². The van der Waals surface area contributed by atoms with Crippen LogP contribution in [0.3, 0.4) is 0 Å². The molecule has 1 aliphatic rings. The van der Waals surface area contributed by atoms with E-state index in [0.29, 0.717) is 6.54 Å². The monoisotopic (exact) mass is 342 g/mol. The van der Waals surface area contributed by atoms with E-state index in [1.54, 1.807) is 18.2 Å². The van der Waals surface area contributed by atoms with Crippen LogP contribution in [0.5, 0.6) is 0 Å². The summed E-state index contributed by atoms with van der Waals surface area (Å²) in [5.41, 5.74) is 1.17. The molecular weight excluding hydrogens is 328 g/mol. The molecule has 102 valence electrons. The predicted octanol–water partition coefficient (Wildman–Crippen LogP) is 2.62. The van der Waals surface area contributed by atoms with Gasteiger partial charge in [-0.2, -0.15) is 0 Å². The number of aromatic carboxylic acids is 1. The van der Waals surface area contributed by atoms with Crippen molar-refractivity contribution >= 4 is 39.2 Å². The molecule has 1 aromatic carbocycles. The molecule has 2 N–H and O–H groups in total. The molecule has 1 fully saturated rings. The van der Waals surface area contributed by atoms with Crippen LogP contribution < -0.4 is 5.32 Å². The Morgan fingerprint density at radius 3 is 2.74 bits per heavy atom. The molecular formula is C13H15BrN2O2S. The largest absolute Gasteiger partial charge is 0.478 e. The van der Waals surface area contributed by atoms with Crippen LogP contribution in [0, 0.1) is 0 Å². The van der Waals surface area contributed by atoms with Gasteiger partial charge in [-0.05, 0) is 48.8 Å². The molecule has 1 aliphatic heterocycles. The number of thiocarbonyl (C=S) groups is 1. The second kappa shape index (κ2) is 6.34. The summed E-state index contributed by atoms with van der Waals surface area (Å²) in [5, 5.41) is 12.9. The molecule has 0 amide bonds. The van der Waals surface area contributed by atoms with Gasteiger partial charge in [0.1, 0.15) is 0 Å². The minimum Gasteiger partial charge on any atom is -0.478 e. The lowest BCUT2D eigenvalue weighted by Gasteiger charge is -2.20. The Balaban J connectivity index is 2.00. The maximum atomic E-state index is 10.9. The van der Waals surface area contributed by atoms with E-state index >= 15 is 0 Å². The predicted molar refractivity (Wildman–Crippen MR) is 81.3 cm³/mol. The first-order valence-electron chi connectivity index (χ1n) is 6.12. The number of benzene rings is 1. The van der Waals surface area contributed by atoms with Crippen LogP contribution in [0.25, 0.3) is 0 Å². The van der Waals surface area contributed by atoms with Gasteiger partial charge in [-0.25, -0.2) is 4.79 Å². The van der Waals surface area contributed by atoms with Gasteiger partial charge in [0, 0.05) is 24.1 Å². The number of halogens is 1. The SMILES string of the molecule is O=C(O)c1ccc(Br)c(CNC(=S)N2CCCC2)c1. The van der Waals surface area contributed by atoms with E-state index in [-0.39, 0.29) is 5.56 Å². The van der Waals surface area contributed by atoms with Crippen molar-refractivity contribution in [1.82, 2.24) is 10.2 Å². The first-order chi connectivity index (χ1) is 9.08. The zero-order chi connectivity index (χ0) is 13.8. The van der Waals surface area contributed by atoms with Crippen molar-refractivity contribution in [2.75, 3.05) is 13.1 Å². The fraction of sp³-hybridized carbons (Fsp3) is 0.385. The Bertz CT molecular complexity index is 501. The highest BCUT2D eigenvalue weighted by Crippen LogP contribution is 2.18. The van der Waals surface area contributed by atoms with Crippen LogP contribution in [-0.4, -0.2) is 34.2 Å². The standard InChI is InChI=1S/C13H15BrN2O2S/c14-11-4-3-9(12(17)18)7-10(11)8-15-13(19)16-5-1-2-6-16/h3-4,7H,1-2,5-6,8H2,(H,15,19)(H,17,18). The molecule has 0 spiro atoms. The van der Waals surface area contributed by atoms with Gasteiger partial charge in [0.15, 0.2) is 5.11 Å². The van der Waals surface area contributed by atoms with Crippen LogP contribution >= 0.6 is 28.1 Å². The smallest absolute Gasteiger partial charge is 0.335 e. The molecule has 0 saturated carbocycles. The molecule has 0 aromatic heterocycles. The Hall–Kier alpha value is -1.14. The molecule has 4 nitrogen and oxygen atoms in total. The van der Waals surface area contributed by atoms with Crippen LogP contribution in [0.2, 0.25) is 0 Å². The molecule has 0 bridgehead atoms. The topological polar surface area (TPSA) is 52.6 Å². The highest BCUT2D eigenvalue weighted by atomic mass is 79.9. The number of carboxylic acids is 1. The van der Waals surface area contributed by atoms with Crippen LogP contribution in [0.1, 0.15) is 28.8 Å². The van der Waals surface area contributed by atoms with Crippen molar-refractivity contribution < 1.29 is 9.90 Å².